The first-order valence-electron chi connectivity index (χ1n) is 7.29. The lowest BCUT2D eigenvalue weighted by Crippen LogP contribution is -2.35. The average Bonchev–Trinajstić information content (AvgIpc) is 2.46. The van der Waals surface area contributed by atoms with Crippen LogP contribution >= 0.6 is 0 Å². The molecule has 2 rings (SSSR count). The highest BCUT2D eigenvalue weighted by Gasteiger charge is 2.17. The summed E-state index contributed by atoms with van der Waals surface area (Å²) in [6.45, 7) is 3.94. The van der Waals surface area contributed by atoms with Gasteiger partial charge in [0.15, 0.2) is 11.5 Å². The Kier molecular flexibility index (Phi) is 5.52. The molecule has 1 fully saturated rings. The molecule has 3 heteroatoms. The molecule has 3 nitrogen and oxygen atoms in total. The fraction of sp³-hybridized carbons (Fsp3) is 0.625. The van der Waals surface area contributed by atoms with Crippen LogP contribution in [0.3, 0.4) is 0 Å². The van der Waals surface area contributed by atoms with Gasteiger partial charge in [-0.2, -0.15) is 0 Å². The van der Waals surface area contributed by atoms with E-state index in [1.54, 1.807) is 7.11 Å². The smallest absolute Gasteiger partial charge is 0.161 e. The van der Waals surface area contributed by atoms with Crippen LogP contribution in [0.4, 0.5) is 0 Å². The minimum Gasteiger partial charge on any atom is -0.493 e. The summed E-state index contributed by atoms with van der Waals surface area (Å²) < 4.78 is 11.0. The zero-order valence-electron chi connectivity index (χ0n) is 12.0. The molecule has 1 aromatic carbocycles. The van der Waals surface area contributed by atoms with Gasteiger partial charge in [-0.3, -0.25) is 0 Å². The summed E-state index contributed by atoms with van der Waals surface area (Å²) in [5.74, 6) is 2.53. The van der Waals surface area contributed by atoms with Crippen LogP contribution in [0.15, 0.2) is 24.3 Å². The van der Waals surface area contributed by atoms with Crippen LogP contribution in [0.1, 0.15) is 32.6 Å². The Bertz CT molecular complexity index is 373. The van der Waals surface area contributed by atoms with E-state index in [1.165, 1.54) is 25.7 Å². The molecular formula is C16H25NO2. The number of hydrogen-bond donors (Lipinski definition) is 1. The SMILES string of the molecule is COc1ccccc1OCCNC1CCC(C)CC1. The van der Waals surface area contributed by atoms with Gasteiger partial charge in [-0.1, -0.05) is 19.1 Å². The number of hydrogen-bond acceptors (Lipinski definition) is 3. The fourth-order valence-electron chi connectivity index (χ4n) is 2.63. The lowest BCUT2D eigenvalue weighted by Gasteiger charge is -2.27. The van der Waals surface area contributed by atoms with Crippen molar-refractivity contribution in [2.75, 3.05) is 20.3 Å². The predicted octanol–water partition coefficient (Wildman–Crippen LogP) is 3.24. The first-order chi connectivity index (χ1) is 9.29. The van der Waals surface area contributed by atoms with Crippen LogP contribution in [-0.2, 0) is 0 Å². The molecule has 0 atom stereocenters. The molecule has 0 bridgehead atoms. The Labute approximate surface area is 116 Å². The highest BCUT2D eigenvalue weighted by Crippen LogP contribution is 2.26. The van der Waals surface area contributed by atoms with Crippen LogP contribution < -0.4 is 14.8 Å². The Hall–Kier alpha value is -1.22. The van der Waals surface area contributed by atoms with Crippen molar-refractivity contribution >= 4 is 0 Å². The van der Waals surface area contributed by atoms with Crippen molar-refractivity contribution in [2.24, 2.45) is 5.92 Å². The van der Waals surface area contributed by atoms with E-state index >= 15 is 0 Å². The minimum absolute atomic E-state index is 0.678. The van der Waals surface area contributed by atoms with Crippen molar-refractivity contribution in [3.05, 3.63) is 24.3 Å². The number of methoxy groups -OCH3 is 1. The predicted molar refractivity (Wildman–Crippen MR) is 77.9 cm³/mol. The summed E-state index contributed by atoms with van der Waals surface area (Å²) in [5.41, 5.74) is 0. The molecule has 1 N–H and O–H groups in total. The molecule has 0 aliphatic heterocycles. The molecule has 0 heterocycles. The van der Waals surface area contributed by atoms with Gasteiger partial charge >= 0.3 is 0 Å². The fourth-order valence-corrected chi connectivity index (χ4v) is 2.63. The second-order valence-electron chi connectivity index (χ2n) is 5.41. The maximum Gasteiger partial charge on any atom is 0.161 e. The average molecular weight is 263 g/mol. The molecular weight excluding hydrogens is 238 g/mol. The van der Waals surface area contributed by atoms with Crippen molar-refractivity contribution in [2.45, 2.75) is 38.6 Å². The molecule has 0 saturated heterocycles. The lowest BCUT2D eigenvalue weighted by atomic mass is 9.87. The second-order valence-corrected chi connectivity index (χ2v) is 5.41. The van der Waals surface area contributed by atoms with Gasteiger partial charge in [-0.25, -0.2) is 0 Å². The number of para-hydroxylation sites is 2. The van der Waals surface area contributed by atoms with Crippen LogP contribution in [0, 0.1) is 5.92 Å². The molecule has 0 spiro atoms. The largest absolute Gasteiger partial charge is 0.493 e. The second kappa shape index (κ2) is 7.39. The third-order valence-electron chi connectivity index (χ3n) is 3.88. The molecule has 1 aliphatic carbocycles. The highest BCUT2D eigenvalue weighted by molar-refractivity contribution is 5.39. The number of benzene rings is 1. The van der Waals surface area contributed by atoms with Gasteiger partial charge in [0.25, 0.3) is 0 Å². The summed E-state index contributed by atoms with van der Waals surface area (Å²) >= 11 is 0. The van der Waals surface area contributed by atoms with E-state index in [1.807, 2.05) is 24.3 Å². The molecule has 0 aromatic heterocycles. The van der Waals surface area contributed by atoms with Crippen molar-refractivity contribution in [1.29, 1.82) is 0 Å². The van der Waals surface area contributed by atoms with Gasteiger partial charge in [0.05, 0.1) is 7.11 Å². The summed E-state index contributed by atoms with van der Waals surface area (Å²) in [6, 6.07) is 8.46. The van der Waals surface area contributed by atoms with Gasteiger partial charge in [0.1, 0.15) is 6.61 Å². The Morgan fingerprint density at radius 1 is 1.11 bits per heavy atom. The quantitative estimate of drug-likeness (QED) is 0.799. The lowest BCUT2D eigenvalue weighted by molar-refractivity contribution is 0.262. The number of rotatable bonds is 6. The third kappa shape index (κ3) is 4.43. The van der Waals surface area contributed by atoms with Crippen molar-refractivity contribution in [1.82, 2.24) is 5.32 Å². The summed E-state index contributed by atoms with van der Waals surface area (Å²) in [4.78, 5) is 0. The molecule has 19 heavy (non-hydrogen) atoms. The van der Waals surface area contributed by atoms with Crippen LogP contribution in [0.25, 0.3) is 0 Å². The Morgan fingerprint density at radius 2 is 1.79 bits per heavy atom. The maximum absolute atomic E-state index is 5.75. The Morgan fingerprint density at radius 3 is 2.47 bits per heavy atom. The first-order valence-corrected chi connectivity index (χ1v) is 7.29. The van der Waals surface area contributed by atoms with Crippen molar-refractivity contribution in [3.63, 3.8) is 0 Å². The number of ether oxygens (including phenoxy) is 2. The summed E-state index contributed by atoms with van der Waals surface area (Å²) in [6.07, 6.45) is 5.31. The van der Waals surface area contributed by atoms with E-state index in [2.05, 4.69) is 12.2 Å². The van der Waals surface area contributed by atoms with E-state index in [-0.39, 0.29) is 0 Å². The molecule has 1 aromatic rings. The maximum atomic E-state index is 5.75. The highest BCUT2D eigenvalue weighted by atomic mass is 16.5. The first kappa shape index (κ1) is 14.2. The van der Waals surface area contributed by atoms with E-state index in [4.69, 9.17) is 9.47 Å². The summed E-state index contributed by atoms with van der Waals surface area (Å²) in [5, 5.41) is 3.58. The zero-order chi connectivity index (χ0) is 13.5. The monoisotopic (exact) mass is 263 g/mol. The van der Waals surface area contributed by atoms with Gasteiger partial charge in [0, 0.05) is 12.6 Å². The molecule has 106 valence electrons. The van der Waals surface area contributed by atoms with Crippen LogP contribution in [0.2, 0.25) is 0 Å². The van der Waals surface area contributed by atoms with Crippen molar-refractivity contribution in [3.8, 4) is 11.5 Å². The van der Waals surface area contributed by atoms with Crippen LogP contribution in [-0.4, -0.2) is 26.3 Å². The van der Waals surface area contributed by atoms with Gasteiger partial charge in [0.2, 0.25) is 0 Å². The van der Waals surface area contributed by atoms with Gasteiger partial charge in [-0.05, 0) is 43.7 Å². The number of nitrogens with one attached hydrogen (secondary N) is 1. The normalized spacial score (nSPS) is 23.1. The van der Waals surface area contributed by atoms with Gasteiger partial charge < -0.3 is 14.8 Å². The molecule has 0 amide bonds. The molecule has 1 saturated carbocycles. The van der Waals surface area contributed by atoms with E-state index in [0.717, 1.165) is 24.0 Å². The topological polar surface area (TPSA) is 30.5 Å². The van der Waals surface area contributed by atoms with E-state index in [9.17, 15) is 0 Å². The zero-order valence-corrected chi connectivity index (χ0v) is 12.0. The molecule has 0 radical (unpaired) electrons. The minimum atomic E-state index is 0.678. The molecule has 0 unspecified atom stereocenters. The standard InChI is InChI=1S/C16H25NO2/c1-13-7-9-14(10-8-13)17-11-12-19-16-6-4-3-5-15(16)18-2/h3-6,13-14,17H,7-12H2,1-2H3. The molecule has 1 aliphatic rings. The van der Waals surface area contributed by atoms with Crippen LogP contribution in [0.5, 0.6) is 11.5 Å². The Balaban J connectivity index is 1.66. The summed E-state index contributed by atoms with van der Waals surface area (Å²) in [7, 11) is 1.67. The third-order valence-corrected chi connectivity index (χ3v) is 3.88. The van der Waals surface area contributed by atoms with E-state index in [0.29, 0.717) is 12.6 Å². The van der Waals surface area contributed by atoms with E-state index < -0.39 is 0 Å². The van der Waals surface area contributed by atoms with Gasteiger partial charge in [-0.15, -0.1) is 0 Å². The van der Waals surface area contributed by atoms with Crippen molar-refractivity contribution < 1.29 is 9.47 Å².